The van der Waals surface area contributed by atoms with Gasteiger partial charge in [0.2, 0.25) is 0 Å². The Labute approximate surface area is 135 Å². The second kappa shape index (κ2) is 5.96. The van der Waals surface area contributed by atoms with Crippen molar-refractivity contribution in [1.82, 2.24) is 29.0 Å². The molecular weight excluding hydrogens is 292 g/mol. The Morgan fingerprint density at radius 3 is 2.87 bits per heavy atom. The van der Waals surface area contributed by atoms with Crippen LogP contribution in [-0.4, -0.2) is 42.1 Å². The molecule has 1 fully saturated rings. The van der Waals surface area contributed by atoms with Crippen LogP contribution in [0.2, 0.25) is 0 Å². The monoisotopic (exact) mass is 316 g/mol. The molecule has 0 bridgehead atoms. The summed E-state index contributed by atoms with van der Waals surface area (Å²) in [6.07, 6.45) is 7.37. The molecule has 2 aromatic heterocycles. The average Bonchev–Trinajstić information content (AvgIpc) is 3.22. The summed E-state index contributed by atoms with van der Waals surface area (Å²) in [6.45, 7) is 7.25. The van der Waals surface area contributed by atoms with E-state index in [4.69, 9.17) is 0 Å². The van der Waals surface area contributed by atoms with Gasteiger partial charge in [-0.05, 0) is 25.7 Å². The van der Waals surface area contributed by atoms with Crippen LogP contribution in [-0.2, 0) is 32.6 Å². The molecule has 1 aliphatic carbocycles. The largest absolute Gasteiger partial charge is 0.345 e. The van der Waals surface area contributed by atoms with Crippen LogP contribution in [0, 0.1) is 5.92 Å². The van der Waals surface area contributed by atoms with Gasteiger partial charge in [-0.3, -0.25) is 14.1 Å². The molecule has 0 amide bonds. The molecule has 7 nitrogen and oxygen atoms in total. The molecule has 23 heavy (non-hydrogen) atoms. The standard InChI is InChI=1S/C16H24N6O/c1-2-20-11-14(9-17-20)10-19-6-5-15-18-22(12-13-3-4-13)16(23)21(15)8-7-19/h9,11,13H,2-8,10,12H2,1H3. The molecule has 3 heterocycles. The minimum Gasteiger partial charge on any atom is -0.297 e. The smallest absolute Gasteiger partial charge is 0.297 e. The van der Waals surface area contributed by atoms with Gasteiger partial charge in [0.1, 0.15) is 5.82 Å². The van der Waals surface area contributed by atoms with E-state index in [1.54, 1.807) is 4.68 Å². The van der Waals surface area contributed by atoms with Crippen molar-refractivity contribution in [1.29, 1.82) is 0 Å². The van der Waals surface area contributed by atoms with E-state index in [0.717, 1.165) is 51.5 Å². The number of nitrogens with zero attached hydrogens (tertiary/aromatic N) is 6. The van der Waals surface area contributed by atoms with E-state index in [0.29, 0.717) is 5.92 Å². The van der Waals surface area contributed by atoms with Crippen LogP contribution in [0.15, 0.2) is 17.2 Å². The molecule has 0 aromatic carbocycles. The molecule has 7 heteroatoms. The molecule has 1 aliphatic heterocycles. The summed E-state index contributed by atoms with van der Waals surface area (Å²) in [6, 6.07) is 0. The first-order chi connectivity index (χ1) is 11.2. The van der Waals surface area contributed by atoms with Crippen molar-refractivity contribution in [2.24, 2.45) is 5.92 Å². The summed E-state index contributed by atoms with van der Waals surface area (Å²) in [4.78, 5) is 14.9. The second-order valence-electron chi connectivity index (χ2n) is 6.71. The van der Waals surface area contributed by atoms with E-state index in [1.165, 1.54) is 18.4 Å². The van der Waals surface area contributed by atoms with Crippen molar-refractivity contribution >= 4 is 0 Å². The fraction of sp³-hybridized carbons (Fsp3) is 0.688. The van der Waals surface area contributed by atoms with Crippen molar-refractivity contribution in [2.45, 2.75) is 52.4 Å². The predicted molar refractivity (Wildman–Crippen MR) is 86.1 cm³/mol. The van der Waals surface area contributed by atoms with Crippen LogP contribution in [0.5, 0.6) is 0 Å². The zero-order valence-electron chi connectivity index (χ0n) is 13.7. The topological polar surface area (TPSA) is 60.9 Å². The summed E-state index contributed by atoms with van der Waals surface area (Å²) in [5.41, 5.74) is 1.31. The summed E-state index contributed by atoms with van der Waals surface area (Å²) >= 11 is 0. The molecule has 124 valence electrons. The van der Waals surface area contributed by atoms with Gasteiger partial charge in [-0.2, -0.15) is 10.2 Å². The lowest BCUT2D eigenvalue weighted by Crippen LogP contribution is -2.30. The van der Waals surface area contributed by atoms with Crippen molar-refractivity contribution in [3.8, 4) is 0 Å². The first-order valence-corrected chi connectivity index (χ1v) is 8.63. The Bertz CT molecular complexity index is 738. The normalized spacial score (nSPS) is 18.8. The first kappa shape index (κ1) is 14.7. The highest BCUT2D eigenvalue weighted by atomic mass is 16.2. The third kappa shape index (κ3) is 3.10. The molecule has 0 spiro atoms. The van der Waals surface area contributed by atoms with Crippen LogP contribution in [0.25, 0.3) is 0 Å². The van der Waals surface area contributed by atoms with Gasteiger partial charge in [0.15, 0.2) is 0 Å². The van der Waals surface area contributed by atoms with Crippen molar-refractivity contribution in [3.05, 3.63) is 34.3 Å². The Morgan fingerprint density at radius 1 is 1.26 bits per heavy atom. The zero-order chi connectivity index (χ0) is 15.8. The van der Waals surface area contributed by atoms with E-state index in [-0.39, 0.29) is 5.69 Å². The quantitative estimate of drug-likeness (QED) is 0.816. The van der Waals surface area contributed by atoms with Crippen molar-refractivity contribution in [3.63, 3.8) is 0 Å². The Balaban J connectivity index is 1.43. The van der Waals surface area contributed by atoms with Gasteiger partial charge >= 0.3 is 5.69 Å². The average molecular weight is 316 g/mol. The Hall–Kier alpha value is -1.89. The van der Waals surface area contributed by atoms with Crippen molar-refractivity contribution < 1.29 is 0 Å². The number of aromatic nitrogens is 5. The maximum Gasteiger partial charge on any atom is 0.345 e. The minimum absolute atomic E-state index is 0.0764. The molecular formula is C16H24N6O. The first-order valence-electron chi connectivity index (χ1n) is 8.63. The van der Waals surface area contributed by atoms with Crippen molar-refractivity contribution in [2.75, 3.05) is 13.1 Å². The van der Waals surface area contributed by atoms with E-state index >= 15 is 0 Å². The highest BCUT2D eigenvalue weighted by Gasteiger charge is 2.25. The van der Waals surface area contributed by atoms with E-state index in [9.17, 15) is 4.79 Å². The van der Waals surface area contributed by atoms with Gasteiger partial charge in [0.25, 0.3) is 0 Å². The summed E-state index contributed by atoms with van der Waals surface area (Å²) in [5, 5.41) is 8.90. The number of hydrogen-bond acceptors (Lipinski definition) is 4. The van der Waals surface area contributed by atoms with Gasteiger partial charge in [-0.1, -0.05) is 0 Å². The molecule has 0 N–H and O–H groups in total. The van der Waals surface area contributed by atoms with Crippen LogP contribution < -0.4 is 5.69 Å². The highest BCUT2D eigenvalue weighted by Crippen LogP contribution is 2.29. The van der Waals surface area contributed by atoms with Crippen LogP contribution >= 0.6 is 0 Å². The highest BCUT2D eigenvalue weighted by molar-refractivity contribution is 5.04. The fourth-order valence-corrected chi connectivity index (χ4v) is 3.25. The number of fused-ring (bicyclic) bond motifs is 1. The lowest BCUT2D eigenvalue weighted by Gasteiger charge is -2.18. The third-order valence-corrected chi connectivity index (χ3v) is 4.84. The molecule has 1 saturated carbocycles. The van der Waals surface area contributed by atoms with Gasteiger partial charge in [0, 0.05) is 57.4 Å². The SMILES string of the molecule is CCn1cc(CN2CCc3nn(CC4CC4)c(=O)n3CC2)cn1. The second-order valence-corrected chi connectivity index (χ2v) is 6.71. The Morgan fingerprint density at radius 2 is 2.13 bits per heavy atom. The van der Waals surface area contributed by atoms with Gasteiger partial charge in [-0.25, -0.2) is 9.48 Å². The van der Waals surface area contributed by atoms with Crippen LogP contribution in [0.4, 0.5) is 0 Å². The Kier molecular flexibility index (Phi) is 3.80. The van der Waals surface area contributed by atoms with E-state index in [2.05, 4.69) is 28.2 Å². The maximum absolute atomic E-state index is 12.5. The van der Waals surface area contributed by atoms with Gasteiger partial charge in [0.05, 0.1) is 6.20 Å². The lowest BCUT2D eigenvalue weighted by molar-refractivity contribution is 0.269. The van der Waals surface area contributed by atoms with Gasteiger partial charge in [-0.15, -0.1) is 0 Å². The molecule has 2 aliphatic rings. The van der Waals surface area contributed by atoms with E-state index in [1.807, 2.05) is 15.4 Å². The molecule has 0 unspecified atom stereocenters. The zero-order valence-corrected chi connectivity index (χ0v) is 13.7. The van der Waals surface area contributed by atoms with Gasteiger partial charge < -0.3 is 0 Å². The number of hydrogen-bond donors (Lipinski definition) is 0. The minimum atomic E-state index is 0.0764. The predicted octanol–water partition coefficient (Wildman–Crippen LogP) is 0.730. The van der Waals surface area contributed by atoms with E-state index < -0.39 is 0 Å². The summed E-state index contributed by atoms with van der Waals surface area (Å²) < 4.78 is 5.51. The molecule has 2 aromatic rings. The molecule has 0 radical (unpaired) electrons. The number of rotatable bonds is 5. The van der Waals surface area contributed by atoms with Crippen LogP contribution in [0.3, 0.4) is 0 Å². The number of aryl methyl sites for hydroxylation is 1. The molecule has 4 rings (SSSR count). The lowest BCUT2D eigenvalue weighted by atomic mass is 10.3. The molecule has 0 saturated heterocycles. The summed E-state index contributed by atoms with van der Waals surface area (Å²) in [5.74, 6) is 1.63. The molecule has 0 atom stereocenters. The third-order valence-electron chi connectivity index (χ3n) is 4.84. The summed E-state index contributed by atoms with van der Waals surface area (Å²) in [7, 11) is 0. The maximum atomic E-state index is 12.5. The van der Waals surface area contributed by atoms with Crippen LogP contribution in [0.1, 0.15) is 31.2 Å². The fourth-order valence-electron chi connectivity index (χ4n) is 3.25.